The van der Waals surface area contributed by atoms with Crippen LogP contribution in [0.5, 0.6) is 0 Å². The molecule has 1 aromatic rings. The largest absolute Gasteiger partial charge is 0.322 e. The fourth-order valence-corrected chi connectivity index (χ4v) is 0.983. The Morgan fingerprint density at radius 1 is 1.71 bits per heavy atom. The molecule has 0 radical (unpaired) electrons. The highest BCUT2D eigenvalue weighted by atomic mass is 16.2. The first-order chi connectivity index (χ1) is 6.67. The van der Waals surface area contributed by atoms with E-state index in [0.29, 0.717) is 0 Å². The lowest BCUT2D eigenvalue weighted by Crippen LogP contribution is -2.35. The summed E-state index contributed by atoms with van der Waals surface area (Å²) in [6, 6.07) is -0.194. The van der Waals surface area contributed by atoms with Gasteiger partial charge in [-0.05, 0) is 20.9 Å². The summed E-state index contributed by atoms with van der Waals surface area (Å²) in [6.07, 6.45) is 3.45. The van der Waals surface area contributed by atoms with Gasteiger partial charge in [0.05, 0.1) is 17.9 Å². The molecule has 1 rings (SSSR count). The van der Waals surface area contributed by atoms with Crippen molar-refractivity contribution in [3.63, 3.8) is 0 Å². The maximum absolute atomic E-state index is 11.4. The van der Waals surface area contributed by atoms with Gasteiger partial charge in [-0.15, -0.1) is 0 Å². The SMILES string of the molecule is CCn1cc(NC(=O)[C@H](C)NC)cn1. The Bertz CT molecular complexity index is 308. The molecule has 1 aromatic heterocycles. The molecule has 0 spiro atoms. The summed E-state index contributed by atoms with van der Waals surface area (Å²) in [7, 11) is 1.75. The number of hydrogen-bond donors (Lipinski definition) is 2. The molecule has 0 aromatic carbocycles. The van der Waals surface area contributed by atoms with Gasteiger partial charge in [0.25, 0.3) is 0 Å². The normalized spacial score (nSPS) is 12.5. The number of aromatic nitrogens is 2. The fourth-order valence-electron chi connectivity index (χ4n) is 0.983. The molecule has 2 N–H and O–H groups in total. The summed E-state index contributed by atoms with van der Waals surface area (Å²) < 4.78 is 1.76. The second kappa shape index (κ2) is 4.76. The van der Waals surface area contributed by atoms with Gasteiger partial charge in [-0.1, -0.05) is 0 Å². The lowest BCUT2D eigenvalue weighted by molar-refractivity contribution is -0.117. The van der Waals surface area contributed by atoms with Gasteiger partial charge in [0.15, 0.2) is 0 Å². The zero-order chi connectivity index (χ0) is 10.6. The topological polar surface area (TPSA) is 59.0 Å². The van der Waals surface area contributed by atoms with Gasteiger partial charge < -0.3 is 10.6 Å². The van der Waals surface area contributed by atoms with E-state index < -0.39 is 0 Å². The first-order valence-corrected chi connectivity index (χ1v) is 4.68. The number of amides is 1. The van der Waals surface area contributed by atoms with Crippen molar-refractivity contribution in [3.8, 4) is 0 Å². The van der Waals surface area contributed by atoms with Crippen molar-refractivity contribution < 1.29 is 4.79 Å². The van der Waals surface area contributed by atoms with E-state index in [1.807, 2.05) is 6.92 Å². The monoisotopic (exact) mass is 196 g/mol. The van der Waals surface area contributed by atoms with Crippen LogP contribution < -0.4 is 10.6 Å². The van der Waals surface area contributed by atoms with E-state index in [9.17, 15) is 4.79 Å². The minimum Gasteiger partial charge on any atom is -0.322 e. The van der Waals surface area contributed by atoms with Crippen molar-refractivity contribution in [1.29, 1.82) is 0 Å². The molecule has 5 nitrogen and oxygen atoms in total. The van der Waals surface area contributed by atoms with Crippen LogP contribution in [0.25, 0.3) is 0 Å². The van der Waals surface area contributed by atoms with Gasteiger partial charge >= 0.3 is 0 Å². The van der Waals surface area contributed by atoms with E-state index in [0.717, 1.165) is 12.2 Å². The van der Waals surface area contributed by atoms with Gasteiger partial charge in [-0.2, -0.15) is 5.10 Å². The van der Waals surface area contributed by atoms with Crippen LogP contribution in [0.15, 0.2) is 12.4 Å². The van der Waals surface area contributed by atoms with Crippen LogP contribution in [0.3, 0.4) is 0 Å². The molecule has 0 unspecified atom stereocenters. The van der Waals surface area contributed by atoms with Crippen LogP contribution in [0.1, 0.15) is 13.8 Å². The van der Waals surface area contributed by atoms with Crippen molar-refractivity contribution >= 4 is 11.6 Å². The van der Waals surface area contributed by atoms with Crippen molar-refractivity contribution in [2.75, 3.05) is 12.4 Å². The highest BCUT2D eigenvalue weighted by Crippen LogP contribution is 2.04. The molecule has 1 heterocycles. The predicted molar refractivity (Wildman–Crippen MR) is 55.1 cm³/mol. The molecule has 0 aliphatic carbocycles. The molecule has 1 atom stereocenters. The van der Waals surface area contributed by atoms with Crippen LogP contribution in [-0.2, 0) is 11.3 Å². The zero-order valence-electron chi connectivity index (χ0n) is 8.74. The first kappa shape index (κ1) is 10.7. The van der Waals surface area contributed by atoms with E-state index in [1.54, 1.807) is 31.0 Å². The van der Waals surface area contributed by atoms with Crippen molar-refractivity contribution in [1.82, 2.24) is 15.1 Å². The summed E-state index contributed by atoms with van der Waals surface area (Å²) in [5, 5.41) is 9.68. The van der Waals surface area contributed by atoms with E-state index in [-0.39, 0.29) is 11.9 Å². The van der Waals surface area contributed by atoms with Gasteiger partial charge in [0.1, 0.15) is 0 Å². The minimum atomic E-state index is -0.194. The summed E-state index contributed by atoms with van der Waals surface area (Å²) in [5.74, 6) is -0.0526. The molecule has 0 saturated heterocycles. The van der Waals surface area contributed by atoms with Gasteiger partial charge in [0.2, 0.25) is 5.91 Å². The number of carbonyl (C=O) groups is 1. The number of aryl methyl sites for hydroxylation is 1. The van der Waals surface area contributed by atoms with E-state index in [4.69, 9.17) is 0 Å². The number of likely N-dealkylation sites (N-methyl/N-ethyl adjacent to an activating group) is 1. The van der Waals surface area contributed by atoms with Crippen LogP contribution in [0.2, 0.25) is 0 Å². The molecule has 78 valence electrons. The van der Waals surface area contributed by atoms with E-state index in [1.165, 1.54) is 0 Å². The molecule has 1 amide bonds. The standard InChI is InChI=1S/C9H16N4O/c1-4-13-6-8(5-11-13)12-9(14)7(2)10-3/h5-7,10H,4H2,1-3H3,(H,12,14)/t7-/m0/s1. The zero-order valence-corrected chi connectivity index (χ0v) is 8.74. The average molecular weight is 196 g/mol. The summed E-state index contributed by atoms with van der Waals surface area (Å²) in [5.41, 5.74) is 0.735. The fraction of sp³-hybridized carbons (Fsp3) is 0.556. The Morgan fingerprint density at radius 2 is 2.43 bits per heavy atom. The van der Waals surface area contributed by atoms with Crippen molar-refractivity contribution in [2.45, 2.75) is 26.4 Å². The van der Waals surface area contributed by atoms with Crippen LogP contribution in [0, 0.1) is 0 Å². The third-order valence-corrected chi connectivity index (χ3v) is 2.05. The van der Waals surface area contributed by atoms with Gasteiger partial charge in [0, 0.05) is 12.7 Å². The predicted octanol–water partition coefficient (Wildman–Crippen LogP) is 0.449. The number of nitrogens with zero attached hydrogens (tertiary/aromatic N) is 2. The second-order valence-electron chi connectivity index (χ2n) is 3.08. The Labute approximate surface area is 83.5 Å². The highest BCUT2D eigenvalue weighted by Gasteiger charge is 2.10. The molecule has 0 aliphatic heterocycles. The van der Waals surface area contributed by atoms with Crippen molar-refractivity contribution in [2.24, 2.45) is 0 Å². The molecule has 0 bridgehead atoms. The van der Waals surface area contributed by atoms with Crippen LogP contribution in [0.4, 0.5) is 5.69 Å². The Kier molecular flexibility index (Phi) is 3.64. The van der Waals surface area contributed by atoms with E-state index in [2.05, 4.69) is 15.7 Å². The molecule has 0 saturated carbocycles. The summed E-state index contributed by atoms with van der Waals surface area (Å²) in [4.78, 5) is 11.4. The second-order valence-corrected chi connectivity index (χ2v) is 3.08. The lowest BCUT2D eigenvalue weighted by atomic mass is 10.3. The Hall–Kier alpha value is -1.36. The molecule has 0 aliphatic rings. The average Bonchev–Trinajstić information content (AvgIpc) is 2.64. The minimum absolute atomic E-state index is 0.0526. The first-order valence-electron chi connectivity index (χ1n) is 4.68. The summed E-state index contributed by atoms with van der Waals surface area (Å²) in [6.45, 7) is 4.60. The van der Waals surface area contributed by atoms with Gasteiger partial charge in [-0.3, -0.25) is 9.48 Å². The molecular weight excluding hydrogens is 180 g/mol. The smallest absolute Gasteiger partial charge is 0.241 e. The quantitative estimate of drug-likeness (QED) is 0.735. The number of hydrogen-bond acceptors (Lipinski definition) is 3. The maximum atomic E-state index is 11.4. The number of anilines is 1. The van der Waals surface area contributed by atoms with Crippen LogP contribution in [-0.4, -0.2) is 28.8 Å². The summed E-state index contributed by atoms with van der Waals surface area (Å²) >= 11 is 0. The maximum Gasteiger partial charge on any atom is 0.241 e. The van der Waals surface area contributed by atoms with Crippen LogP contribution >= 0.6 is 0 Å². The number of carbonyl (C=O) groups excluding carboxylic acids is 1. The van der Waals surface area contributed by atoms with E-state index >= 15 is 0 Å². The third kappa shape index (κ3) is 2.56. The molecule has 0 fully saturated rings. The molecular formula is C9H16N4O. The number of rotatable bonds is 4. The lowest BCUT2D eigenvalue weighted by Gasteiger charge is -2.08. The number of nitrogens with one attached hydrogen (secondary N) is 2. The molecule has 5 heteroatoms. The highest BCUT2D eigenvalue weighted by molar-refractivity contribution is 5.94. The van der Waals surface area contributed by atoms with Crippen molar-refractivity contribution in [3.05, 3.63) is 12.4 Å². The van der Waals surface area contributed by atoms with Gasteiger partial charge in [-0.25, -0.2) is 0 Å². The Morgan fingerprint density at radius 3 is 2.93 bits per heavy atom. The molecule has 14 heavy (non-hydrogen) atoms. The Balaban J connectivity index is 2.56. The third-order valence-electron chi connectivity index (χ3n) is 2.05.